The van der Waals surface area contributed by atoms with Crippen molar-refractivity contribution in [2.24, 2.45) is 0 Å². The molecule has 0 aromatic heterocycles. The van der Waals surface area contributed by atoms with E-state index < -0.39 is 14.9 Å². The van der Waals surface area contributed by atoms with Gasteiger partial charge in [0, 0.05) is 31.3 Å². The summed E-state index contributed by atoms with van der Waals surface area (Å²) in [6.07, 6.45) is 0.766. The van der Waals surface area contributed by atoms with Crippen LogP contribution in [0.2, 0.25) is 0 Å². The highest BCUT2D eigenvalue weighted by Gasteiger charge is 2.33. The number of rotatable bonds is 4. The van der Waals surface area contributed by atoms with Gasteiger partial charge in [-0.05, 0) is 32.0 Å². The topological polar surface area (TPSA) is 92.6 Å². The Morgan fingerprint density at radius 2 is 2.10 bits per heavy atom. The number of nitrogens with zero attached hydrogens (tertiary/aromatic N) is 2. The van der Waals surface area contributed by atoms with Crippen LogP contribution in [-0.2, 0) is 10.0 Å². The first-order valence-electron chi connectivity index (χ1n) is 6.28. The molecule has 0 aliphatic carbocycles. The van der Waals surface area contributed by atoms with Crippen LogP contribution >= 0.6 is 12.4 Å². The number of benzene rings is 1. The van der Waals surface area contributed by atoms with E-state index in [0.29, 0.717) is 18.7 Å². The van der Waals surface area contributed by atoms with E-state index in [2.05, 4.69) is 5.32 Å². The molecule has 1 unspecified atom stereocenters. The average Bonchev–Trinajstić information content (AvgIpc) is 2.87. The van der Waals surface area contributed by atoms with Crippen LogP contribution in [0.15, 0.2) is 23.1 Å². The highest BCUT2D eigenvalue weighted by molar-refractivity contribution is 7.89. The Morgan fingerprint density at radius 3 is 2.57 bits per heavy atom. The van der Waals surface area contributed by atoms with Gasteiger partial charge in [0.2, 0.25) is 10.0 Å². The van der Waals surface area contributed by atoms with Gasteiger partial charge in [-0.25, -0.2) is 8.42 Å². The van der Waals surface area contributed by atoms with Crippen LogP contribution in [-0.4, -0.2) is 43.8 Å². The van der Waals surface area contributed by atoms with Crippen molar-refractivity contribution in [2.45, 2.75) is 24.3 Å². The molecule has 0 radical (unpaired) electrons. The molecule has 21 heavy (non-hydrogen) atoms. The zero-order valence-corrected chi connectivity index (χ0v) is 13.4. The van der Waals surface area contributed by atoms with Gasteiger partial charge in [-0.1, -0.05) is 0 Å². The molecular weight excluding hydrogens is 318 g/mol. The number of nitro groups is 1. The standard InChI is InChI=1S/C12H17N3O4S.ClH/c1-9-7-11(15(16)17)3-4-12(9)20(18,19)14-6-5-10(8-14)13-2;/h3-4,7,10,13H,5-6,8H2,1-2H3;1H. The molecule has 1 fully saturated rings. The average molecular weight is 336 g/mol. The number of hydrogen-bond acceptors (Lipinski definition) is 5. The fourth-order valence-electron chi connectivity index (χ4n) is 2.36. The predicted octanol–water partition coefficient (Wildman–Crippen LogP) is 1.31. The first kappa shape index (κ1) is 17.8. The maximum absolute atomic E-state index is 12.5. The lowest BCUT2D eigenvalue weighted by atomic mass is 10.2. The van der Waals surface area contributed by atoms with Gasteiger partial charge in [-0.15, -0.1) is 12.4 Å². The highest BCUT2D eigenvalue weighted by Crippen LogP contribution is 2.26. The lowest BCUT2D eigenvalue weighted by Gasteiger charge is -2.17. The van der Waals surface area contributed by atoms with E-state index >= 15 is 0 Å². The smallest absolute Gasteiger partial charge is 0.269 e. The van der Waals surface area contributed by atoms with E-state index in [1.807, 2.05) is 0 Å². The van der Waals surface area contributed by atoms with Crippen LogP contribution < -0.4 is 5.32 Å². The second kappa shape index (κ2) is 6.69. The molecule has 2 rings (SSSR count). The second-order valence-corrected chi connectivity index (χ2v) is 6.75. The maximum atomic E-state index is 12.5. The summed E-state index contributed by atoms with van der Waals surface area (Å²) in [5.41, 5.74) is 0.295. The van der Waals surface area contributed by atoms with Gasteiger partial charge in [0.15, 0.2) is 0 Å². The number of aryl methyl sites for hydroxylation is 1. The highest BCUT2D eigenvalue weighted by atomic mass is 35.5. The maximum Gasteiger partial charge on any atom is 0.269 e. The second-order valence-electron chi connectivity index (χ2n) is 4.84. The Morgan fingerprint density at radius 1 is 1.43 bits per heavy atom. The number of sulfonamides is 1. The van der Waals surface area contributed by atoms with Crippen LogP contribution in [0.5, 0.6) is 0 Å². The third-order valence-electron chi connectivity index (χ3n) is 3.55. The Hall–Kier alpha value is -1.22. The largest absolute Gasteiger partial charge is 0.316 e. The van der Waals surface area contributed by atoms with Gasteiger partial charge in [0.05, 0.1) is 9.82 Å². The molecule has 1 aromatic rings. The van der Waals surface area contributed by atoms with Crippen molar-refractivity contribution in [3.05, 3.63) is 33.9 Å². The molecule has 1 heterocycles. The van der Waals surface area contributed by atoms with Crippen molar-refractivity contribution in [1.82, 2.24) is 9.62 Å². The number of likely N-dealkylation sites (N-methyl/N-ethyl adjacent to an activating group) is 1. The Labute approximate surface area is 129 Å². The van der Waals surface area contributed by atoms with Crippen molar-refractivity contribution >= 4 is 28.1 Å². The zero-order chi connectivity index (χ0) is 14.9. The molecule has 0 saturated carbocycles. The number of nitrogens with one attached hydrogen (secondary N) is 1. The summed E-state index contributed by atoms with van der Waals surface area (Å²) >= 11 is 0. The van der Waals surface area contributed by atoms with Crippen LogP contribution in [0.25, 0.3) is 0 Å². The van der Waals surface area contributed by atoms with Gasteiger partial charge in [-0.2, -0.15) is 4.31 Å². The molecule has 1 aromatic carbocycles. The van der Waals surface area contributed by atoms with Crippen molar-refractivity contribution in [3.63, 3.8) is 0 Å². The molecule has 1 atom stereocenters. The summed E-state index contributed by atoms with van der Waals surface area (Å²) in [5.74, 6) is 0. The molecule has 1 aliphatic heterocycles. The Balaban J connectivity index is 0.00000220. The first-order chi connectivity index (χ1) is 9.36. The van der Waals surface area contributed by atoms with Crippen LogP contribution in [0.1, 0.15) is 12.0 Å². The van der Waals surface area contributed by atoms with Crippen molar-refractivity contribution in [1.29, 1.82) is 0 Å². The normalized spacial score (nSPS) is 19.2. The fourth-order valence-corrected chi connectivity index (χ4v) is 4.06. The summed E-state index contributed by atoms with van der Waals surface area (Å²) in [5, 5.41) is 13.8. The minimum atomic E-state index is -3.58. The first-order valence-corrected chi connectivity index (χ1v) is 7.72. The van der Waals surface area contributed by atoms with Crippen LogP contribution in [0, 0.1) is 17.0 Å². The minimum Gasteiger partial charge on any atom is -0.316 e. The molecule has 0 bridgehead atoms. The SMILES string of the molecule is CNC1CCN(S(=O)(=O)c2ccc([N+](=O)[O-])cc2C)C1.Cl. The van der Waals surface area contributed by atoms with Gasteiger partial charge in [0.1, 0.15) is 0 Å². The molecule has 118 valence electrons. The minimum absolute atomic E-state index is 0. The Kier molecular flexibility index (Phi) is 5.68. The molecular formula is C12H18ClN3O4S. The van der Waals surface area contributed by atoms with E-state index in [9.17, 15) is 18.5 Å². The summed E-state index contributed by atoms with van der Waals surface area (Å²) < 4.78 is 26.5. The van der Waals surface area contributed by atoms with Crippen molar-refractivity contribution < 1.29 is 13.3 Å². The summed E-state index contributed by atoms with van der Waals surface area (Å²) in [6, 6.07) is 3.99. The summed E-state index contributed by atoms with van der Waals surface area (Å²) in [6.45, 7) is 2.46. The van der Waals surface area contributed by atoms with E-state index in [1.165, 1.54) is 22.5 Å². The molecule has 0 spiro atoms. The number of halogens is 1. The van der Waals surface area contributed by atoms with Gasteiger partial charge < -0.3 is 5.32 Å². The van der Waals surface area contributed by atoms with Crippen molar-refractivity contribution in [3.8, 4) is 0 Å². The summed E-state index contributed by atoms with van der Waals surface area (Å²) in [4.78, 5) is 10.3. The zero-order valence-electron chi connectivity index (χ0n) is 11.8. The van der Waals surface area contributed by atoms with Crippen molar-refractivity contribution in [2.75, 3.05) is 20.1 Å². The molecule has 7 nitrogen and oxygen atoms in total. The van der Waals surface area contributed by atoms with E-state index in [1.54, 1.807) is 14.0 Å². The molecule has 1 N–H and O–H groups in total. The van der Waals surface area contributed by atoms with E-state index in [-0.39, 0.29) is 29.0 Å². The third-order valence-corrected chi connectivity index (χ3v) is 5.57. The van der Waals surface area contributed by atoms with Crippen LogP contribution in [0.3, 0.4) is 0 Å². The van der Waals surface area contributed by atoms with E-state index in [0.717, 1.165) is 6.42 Å². The fraction of sp³-hybridized carbons (Fsp3) is 0.500. The lowest BCUT2D eigenvalue weighted by molar-refractivity contribution is -0.385. The van der Waals surface area contributed by atoms with Crippen LogP contribution in [0.4, 0.5) is 5.69 Å². The predicted molar refractivity (Wildman–Crippen MR) is 81.3 cm³/mol. The molecule has 9 heteroatoms. The lowest BCUT2D eigenvalue weighted by Crippen LogP contribution is -2.33. The number of hydrogen-bond donors (Lipinski definition) is 1. The quantitative estimate of drug-likeness (QED) is 0.661. The molecule has 0 amide bonds. The van der Waals surface area contributed by atoms with E-state index in [4.69, 9.17) is 0 Å². The monoisotopic (exact) mass is 335 g/mol. The van der Waals surface area contributed by atoms with Gasteiger partial charge in [0.25, 0.3) is 5.69 Å². The number of nitro benzene ring substituents is 1. The third kappa shape index (κ3) is 3.52. The van der Waals surface area contributed by atoms with Gasteiger partial charge in [-0.3, -0.25) is 10.1 Å². The Bertz CT molecular complexity index is 635. The molecule has 1 saturated heterocycles. The summed E-state index contributed by atoms with van der Waals surface area (Å²) in [7, 11) is -1.78. The number of non-ortho nitro benzene ring substituents is 1. The van der Waals surface area contributed by atoms with Gasteiger partial charge >= 0.3 is 0 Å². The molecule has 1 aliphatic rings.